The van der Waals surface area contributed by atoms with E-state index in [0.29, 0.717) is 13.0 Å². The second kappa shape index (κ2) is 7.70. The fraction of sp³-hybridized carbons (Fsp3) is 0.312. The summed E-state index contributed by atoms with van der Waals surface area (Å²) in [6.07, 6.45) is 0.781. The first-order valence-electron chi connectivity index (χ1n) is 7.02. The Hall–Kier alpha value is -2.21. The van der Waals surface area contributed by atoms with Gasteiger partial charge in [0, 0.05) is 31.0 Å². The summed E-state index contributed by atoms with van der Waals surface area (Å²) in [7, 11) is 1.69. The molecule has 2 aromatic rings. The largest absolute Gasteiger partial charge is 0.481 e. The topological polar surface area (TPSA) is 70.5 Å². The molecule has 116 valence electrons. The molecule has 1 aromatic carbocycles. The molecule has 0 aliphatic rings. The summed E-state index contributed by atoms with van der Waals surface area (Å²) >= 11 is 1.52. The lowest BCUT2D eigenvalue weighted by molar-refractivity contribution is -0.138. The SMILES string of the molecule is CN(CCCC(=O)O)C(=O)Cc1csc(-c2ccccc2)n1. The van der Waals surface area contributed by atoms with Crippen LogP contribution in [0.4, 0.5) is 0 Å². The lowest BCUT2D eigenvalue weighted by Crippen LogP contribution is -2.29. The molecule has 0 radical (unpaired) electrons. The Morgan fingerprint density at radius 2 is 2.00 bits per heavy atom. The first-order valence-corrected chi connectivity index (χ1v) is 7.90. The number of aromatic nitrogens is 1. The second-order valence-electron chi connectivity index (χ2n) is 5.00. The Morgan fingerprint density at radius 1 is 1.27 bits per heavy atom. The average molecular weight is 318 g/mol. The molecule has 0 aliphatic carbocycles. The number of carboxylic acids is 1. The molecule has 0 atom stereocenters. The minimum Gasteiger partial charge on any atom is -0.481 e. The van der Waals surface area contributed by atoms with Crippen LogP contribution in [0.5, 0.6) is 0 Å². The normalized spacial score (nSPS) is 10.4. The standard InChI is InChI=1S/C16H18N2O3S/c1-18(9-5-8-15(20)21)14(19)10-13-11-22-16(17-13)12-6-3-2-4-7-12/h2-4,6-7,11H,5,8-10H2,1H3,(H,20,21). The Kier molecular flexibility index (Phi) is 5.66. The zero-order valence-electron chi connectivity index (χ0n) is 12.4. The summed E-state index contributed by atoms with van der Waals surface area (Å²) < 4.78 is 0. The third-order valence-corrected chi connectivity index (χ3v) is 4.15. The van der Waals surface area contributed by atoms with Gasteiger partial charge in [-0.2, -0.15) is 0 Å². The van der Waals surface area contributed by atoms with Gasteiger partial charge in [-0.25, -0.2) is 4.98 Å². The second-order valence-corrected chi connectivity index (χ2v) is 5.86. The zero-order chi connectivity index (χ0) is 15.9. The van der Waals surface area contributed by atoms with Crippen LogP contribution < -0.4 is 0 Å². The van der Waals surface area contributed by atoms with Crippen molar-refractivity contribution in [2.75, 3.05) is 13.6 Å². The van der Waals surface area contributed by atoms with Crippen molar-refractivity contribution in [1.82, 2.24) is 9.88 Å². The summed E-state index contributed by atoms with van der Waals surface area (Å²) in [6.45, 7) is 0.445. The van der Waals surface area contributed by atoms with E-state index in [0.717, 1.165) is 16.3 Å². The maximum atomic E-state index is 12.1. The van der Waals surface area contributed by atoms with Gasteiger partial charge in [-0.1, -0.05) is 30.3 Å². The highest BCUT2D eigenvalue weighted by molar-refractivity contribution is 7.13. The van der Waals surface area contributed by atoms with E-state index >= 15 is 0 Å². The Bertz CT molecular complexity index is 640. The number of hydrogen-bond acceptors (Lipinski definition) is 4. The molecule has 6 heteroatoms. The number of rotatable bonds is 7. The van der Waals surface area contributed by atoms with Gasteiger partial charge in [0.2, 0.25) is 5.91 Å². The number of carbonyl (C=O) groups is 2. The number of hydrogen-bond donors (Lipinski definition) is 1. The van der Waals surface area contributed by atoms with Gasteiger partial charge in [-0.05, 0) is 6.42 Å². The molecule has 0 spiro atoms. The van der Waals surface area contributed by atoms with Gasteiger partial charge < -0.3 is 10.0 Å². The van der Waals surface area contributed by atoms with Crippen LogP contribution in [0.3, 0.4) is 0 Å². The van der Waals surface area contributed by atoms with Crippen molar-refractivity contribution >= 4 is 23.2 Å². The van der Waals surface area contributed by atoms with Crippen LogP contribution in [0, 0.1) is 0 Å². The van der Waals surface area contributed by atoms with Crippen LogP contribution in [0.15, 0.2) is 35.7 Å². The van der Waals surface area contributed by atoms with Crippen LogP contribution in [0.2, 0.25) is 0 Å². The molecular weight excluding hydrogens is 300 g/mol. The molecule has 22 heavy (non-hydrogen) atoms. The minimum absolute atomic E-state index is 0.0460. The number of carboxylic acid groups (broad SMARTS) is 1. The van der Waals surface area contributed by atoms with Gasteiger partial charge in [0.05, 0.1) is 12.1 Å². The lowest BCUT2D eigenvalue weighted by Gasteiger charge is -2.15. The molecule has 0 unspecified atom stereocenters. The van der Waals surface area contributed by atoms with Gasteiger partial charge in [0.25, 0.3) is 0 Å². The van der Waals surface area contributed by atoms with Crippen molar-refractivity contribution in [1.29, 1.82) is 0 Å². The van der Waals surface area contributed by atoms with Gasteiger partial charge >= 0.3 is 5.97 Å². The minimum atomic E-state index is -0.840. The fourth-order valence-corrected chi connectivity index (χ4v) is 2.81. The van der Waals surface area contributed by atoms with Gasteiger partial charge in [0.15, 0.2) is 0 Å². The summed E-state index contributed by atoms with van der Waals surface area (Å²) in [5.41, 5.74) is 1.79. The van der Waals surface area contributed by atoms with E-state index in [-0.39, 0.29) is 18.7 Å². The smallest absolute Gasteiger partial charge is 0.303 e. The van der Waals surface area contributed by atoms with E-state index in [2.05, 4.69) is 4.98 Å². The summed E-state index contributed by atoms with van der Waals surface area (Å²) in [6, 6.07) is 9.84. The molecule has 1 heterocycles. The highest BCUT2D eigenvalue weighted by atomic mass is 32.1. The van der Waals surface area contributed by atoms with Crippen LogP contribution in [-0.2, 0) is 16.0 Å². The maximum Gasteiger partial charge on any atom is 0.303 e. The first-order chi connectivity index (χ1) is 10.6. The van der Waals surface area contributed by atoms with Crippen molar-refractivity contribution in [3.05, 3.63) is 41.4 Å². The number of amides is 1. The third-order valence-electron chi connectivity index (χ3n) is 3.21. The van der Waals surface area contributed by atoms with Crippen molar-refractivity contribution in [3.8, 4) is 10.6 Å². The molecule has 5 nitrogen and oxygen atoms in total. The van der Waals surface area contributed by atoms with Crippen LogP contribution >= 0.6 is 11.3 Å². The van der Waals surface area contributed by atoms with E-state index in [1.54, 1.807) is 11.9 Å². The molecule has 0 saturated heterocycles. The van der Waals surface area contributed by atoms with E-state index in [4.69, 9.17) is 5.11 Å². The average Bonchev–Trinajstić information content (AvgIpc) is 2.96. The Morgan fingerprint density at radius 3 is 2.68 bits per heavy atom. The summed E-state index contributed by atoms with van der Waals surface area (Å²) in [5.74, 6) is -0.886. The number of likely N-dealkylation sites (N-methyl/N-ethyl adjacent to an activating group) is 1. The molecule has 1 aromatic heterocycles. The van der Waals surface area contributed by atoms with E-state index in [9.17, 15) is 9.59 Å². The molecule has 1 amide bonds. The van der Waals surface area contributed by atoms with Crippen molar-refractivity contribution in [2.24, 2.45) is 0 Å². The Balaban J connectivity index is 1.89. The molecule has 0 bridgehead atoms. The van der Waals surface area contributed by atoms with Gasteiger partial charge in [-0.3, -0.25) is 9.59 Å². The predicted octanol–water partition coefficient (Wildman–Crippen LogP) is 2.68. The summed E-state index contributed by atoms with van der Waals surface area (Å²) in [5, 5.41) is 11.4. The first kappa shape index (κ1) is 16.2. The monoisotopic (exact) mass is 318 g/mol. The lowest BCUT2D eigenvalue weighted by atomic mass is 10.2. The molecule has 0 fully saturated rings. The number of carbonyl (C=O) groups excluding carboxylic acids is 1. The number of nitrogens with zero attached hydrogens (tertiary/aromatic N) is 2. The molecule has 0 aliphatic heterocycles. The predicted molar refractivity (Wildman–Crippen MR) is 85.8 cm³/mol. The van der Waals surface area contributed by atoms with Crippen LogP contribution in [0.1, 0.15) is 18.5 Å². The number of benzene rings is 1. The van der Waals surface area contributed by atoms with Crippen LogP contribution in [-0.4, -0.2) is 40.5 Å². The maximum absolute atomic E-state index is 12.1. The Labute approximate surface area is 133 Å². The zero-order valence-corrected chi connectivity index (χ0v) is 13.2. The quantitative estimate of drug-likeness (QED) is 0.852. The highest BCUT2D eigenvalue weighted by Gasteiger charge is 2.13. The van der Waals surface area contributed by atoms with E-state index < -0.39 is 5.97 Å². The van der Waals surface area contributed by atoms with Crippen molar-refractivity contribution < 1.29 is 14.7 Å². The van der Waals surface area contributed by atoms with Gasteiger partial charge in [-0.15, -0.1) is 11.3 Å². The molecule has 1 N–H and O–H groups in total. The van der Waals surface area contributed by atoms with Crippen molar-refractivity contribution in [3.63, 3.8) is 0 Å². The van der Waals surface area contributed by atoms with Crippen molar-refractivity contribution in [2.45, 2.75) is 19.3 Å². The summed E-state index contributed by atoms with van der Waals surface area (Å²) in [4.78, 5) is 28.6. The van der Waals surface area contributed by atoms with Gasteiger partial charge in [0.1, 0.15) is 5.01 Å². The molecule has 0 saturated carbocycles. The van der Waals surface area contributed by atoms with E-state index in [1.165, 1.54) is 11.3 Å². The van der Waals surface area contributed by atoms with Crippen LogP contribution in [0.25, 0.3) is 10.6 Å². The van der Waals surface area contributed by atoms with E-state index in [1.807, 2.05) is 35.7 Å². The fourth-order valence-electron chi connectivity index (χ4n) is 1.98. The number of thiazole rings is 1. The molecule has 2 rings (SSSR count). The number of aliphatic carboxylic acids is 1. The third kappa shape index (κ3) is 4.66. The molecular formula is C16H18N2O3S. The highest BCUT2D eigenvalue weighted by Crippen LogP contribution is 2.23.